The Kier molecular flexibility index (Phi) is 3.48. The molecule has 0 atom stereocenters. The Morgan fingerprint density at radius 3 is 2.65 bits per heavy atom. The highest BCUT2D eigenvalue weighted by atomic mass is 32.1. The molecular formula is C14H18N2S. The van der Waals surface area contributed by atoms with Crippen LogP contribution in [0.3, 0.4) is 0 Å². The van der Waals surface area contributed by atoms with Crippen molar-refractivity contribution in [3.05, 3.63) is 47.7 Å². The Balaban J connectivity index is 1.98. The molecule has 1 heterocycles. The van der Waals surface area contributed by atoms with Crippen molar-refractivity contribution in [3.63, 3.8) is 0 Å². The second kappa shape index (κ2) is 4.88. The Morgan fingerprint density at radius 1 is 1.29 bits per heavy atom. The van der Waals surface area contributed by atoms with E-state index < -0.39 is 0 Å². The maximum absolute atomic E-state index is 5.24. The summed E-state index contributed by atoms with van der Waals surface area (Å²) in [5.74, 6) is 0. The molecule has 0 saturated heterocycles. The third-order valence-electron chi connectivity index (χ3n) is 2.76. The molecule has 1 aromatic rings. The van der Waals surface area contributed by atoms with Crippen molar-refractivity contribution in [2.45, 2.75) is 32.4 Å². The third kappa shape index (κ3) is 3.56. The van der Waals surface area contributed by atoms with Crippen molar-refractivity contribution in [2.75, 3.05) is 0 Å². The van der Waals surface area contributed by atoms with E-state index in [4.69, 9.17) is 12.2 Å². The molecule has 1 aliphatic heterocycles. The van der Waals surface area contributed by atoms with Gasteiger partial charge in [-0.1, -0.05) is 42.5 Å². The molecule has 2 N–H and O–H groups in total. The van der Waals surface area contributed by atoms with Crippen molar-refractivity contribution < 1.29 is 0 Å². The molecular weight excluding hydrogens is 228 g/mol. The first-order valence-corrected chi connectivity index (χ1v) is 6.26. The van der Waals surface area contributed by atoms with Gasteiger partial charge in [-0.05, 0) is 25.5 Å². The van der Waals surface area contributed by atoms with Gasteiger partial charge in [0, 0.05) is 24.2 Å². The van der Waals surface area contributed by atoms with Crippen molar-refractivity contribution >= 4 is 17.2 Å². The van der Waals surface area contributed by atoms with Crippen LogP contribution >= 0.6 is 12.2 Å². The average molecular weight is 246 g/mol. The fraction of sp³-hybridized carbons (Fsp3) is 0.357. The van der Waals surface area contributed by atoms with Crippen LogP contribution in [-0.4, -0.2) is 10.5 Å². The number of benzene rings is 1. The average Bonchev–Trinajstić information content (AvgIpc) is 2.25. The summed E-state index contributed by atoms with van der Waals surface area (Å²) in [5.41, 5.74) is 2.54. The van der Waals surface area contributed by atoms with Crippen LogP contribution in [-0.2, 0) is 6.54 Å². The van der Waals surface area contributed by atoms with Crippen molar-refractivity contribution in [1.29, 1.82) is 0 Å². The number of hydrogen-bond acceptors (Lipinski definition) is 2. The maximum Gasteiger partial charge on any atom is 0.101 e. The molecule has 1 aliphatic rings. The smallest absolute Gasteiger partial charge is 0.101 e. The molecule has 2 rings (SSSR count). The van der Waals surface area contributed by atoms with E-state index in [1.165, 1.54) is 11.3 Å². The molecule has 0 unspecified atom stereocenters. The summed E-state index contributed by atoms with van der Waals surface area (Å²) in [6.07, 6.45) is 2.99. The summed E-state index contributed by atoms with van der Waals surface area (Å²) in [6, 6.07) is 10.4. The summed E-state index contributed by atoms with van der Waals surface area (Å²) in [5, 5.41) is 6.76. The molecule has 2 nitrogen and oxygen atoms in total. The minimum absolute atomic E-state index is 0.0465. The van der Waals surface area contributed by atoms with Crippen LogP contribution in [0.15, 0.2) is 42.1 Å². The van der Waals surface area contributed by atoms with Gasteiger partial charge in [0.15, 0.2) is 0 Å². The molecule has 0 saturated carbocycles. The highest BCUT2D eigenvalue weighted by Crippen LogP contribution is 2.19. The SMILES string of the molecule is CC1(C)CC(NCc2ccccc2)=CC(=S)N1. The van der Waals surface area contributed by atoms with E-state index in [9.17, 15) is 0 Å². The molecule has 3 heteroatoms. The lowest BCUT2D eigenvalue weighted by Gasteiger charge is -2.32. The lowest BCUT2D eigenvalue weighted by Crippen LogP contribution is -2.46. The minimum atomic E-state index is 0.0465. The van der Waals surface area contributed by atoms with Crippen molar-refractivity contribution in [1.82, 2.24) is 10.6 Å². The molecule has 0 fully saturated rings. The first-order chi connectivity index (χ1) is 8.05. The van der Waals surface area contributed by atoms with Gasteiger partial charge < -0.3 is 10.6 Å². The normalized spacial score (nSPS) is 18.2. The summed E-state index contributed by atoms with van der Waals surface area (Å²) in [6.45, 7) is 5.18. The zero-order valence-electron chi connectivity index (χ0n) is 10.3. The van der Waals surface area contributed by atoms with E-state index in [2.05, 4.69) is 48.7 Å². The van der Waals surface area contributed by atoms with Gasteiger partial charge in [0.1, 0.15) is 4.99 Å². The van der Waals surface area contributed by atoms with E-state index in [1.54, 1.807) is 0 Å². The van der Waals surface area contributed by atoms with Crippen LogP contribution < -0.4 is 10.6 Å². The Bertz CT molecular complexity index is 435. The highest BCUT2D eigenvalue weighted by Gasteiger charge is 2.24. The van der Waals surface area contributed by atoms with Crippen molar-refractivity contribution in [2.24, 2.45) is 0 Å². The molecule has 0 bridgehead atoms. The van der Waals surface area contributed by atoms with E-state index in [0.29, 0.717) is 0 Å². The van der Waals surface area contributed by atoms with E-state index in [-0.39, 0.29) is 5.54 Å². The number of nitrogens with one attached hydrogen (secondary N) is 2. The van der Waals surface area contributed by atoms with Crippen LogP contribution in [0.2, 0.25) is 0 Å². The van der Waals surface area contributed by atoms with Gasteiger partial charge in [-0.3, -0.25) is 0 Å². The van der Waals surface area contributed by atoms with Gasteiger partial charge in [0.05, 0.1) is 0 Å². The minimum Gasteiger partial charge on any atom is -0.384 e. The van der Waals surface area contributed by atoms with Crippen LogP contribution in [0.5, 0.6) is 0 Å². The molecule has 0 amide bonds. The number of rotatable bonds is 3. The predicted octanol–water partition coefficient (Wildman–Crippen LogP) is 2.76. The fourth-order valence-electron chi connectivity index (χ4n) is 2.02. The first kappa shape index (κ1) is 12.1. The second-order valence-corrected chi connectivity index (χ2v) is 5.50. The van der Waals surface area contributed by atoms with Gasteiger partial charge in [-0.2, -0.15) is 0 Å². The molecule has 90 valence electrons. The van der Waals surface area contributed by atoms with Gasteiger partial charge >= 0.3 is 0 Å². The van der Waals surface area contributed by atoms with Crippen LogP contribution in [0.25, 0.3) is 0 Å². The molecule has 0 aromatic heterocycles. The van der Waals surface area contributed by atoms with Gasteiger partial charge in [-0.15, -0.1) is 0 Å². The van der Waals surface area contributed by atoms with Crippen LogP contribution in [0.4, 0.5) is 0 Å². The maximum atomic E-state index is 5.24. The Morgan fingerprint density at radius 2 is 2.00 bits per heavy atom. The van der Waals surface area contributed by atoms with Gasteiger partial charge in [0.25, 0.3) is 0 Å². The Labute approximate surface area is 108 Å². The second-order valence-electron chi connectivity index (χ2n) is 5.06. The highest BCUT2D eigenvalue weighted by molar-refractivity contribution is 7.80. The predicted molar refractivity (Wildman–Crippen MR) is 75.8 cm³/mol. The zero-order chi connectivity index (χ0) is 12.3. The number of thiocarbonyl (C=S) groups is 1. The molecule has 17 heavy (non-hydrogen) atoms. The summed E-state index contributed by atoms with van der Waals surface area (Å²) in [4.78, 5) is 0.816. The van der Waals surface area contributed by atoms with Gasteiger partial charge in [-0.25, -0.2) is 0 Å². The standard InChI is InChI=1S/C14H18N2S/c1-14(2)9-12(8-13(17)16-14)15-10-11-6-4-3-5-7-11/h3-8,15H,9-10H2,1-2H3,(H,16,17). The van der Waals surface area contributed by atoms with Crippen LogP contribution in [0, 0.1) is 0 Å². The zero-order valence-corrected chi connectivity index (χ0v) is 11.1. The van der Waals surface area contributed by atoms with Gasteiger partial charge in [0.2, 0.25) is 0 Å². The largest absolute Gasteiger partial charge is 0.384 e. The molecule has 0 spiro atoms. The van der Waals surface area contributed by atoms with E-state index in [1.807, 2.05) is 12.1 Å². The quantitative estimate of drug-likeness (QED) is 0.802. The fourth-order valence-corrected chi connectivity index (χ4v) is 2.44. The first-order valence-electron chi connectivity index (χ1n) is 5.86. The third-order valence-corrected chi connectivity index (χ3v) is 2.98. The van der Waals surface area contributed by atoms with E-state index in [0.717, 1.165) is 18.0 Å². The van der Waals surface area contributed by atoms with Crippen molar-refractivity contribution in [3.8, 4) is 0 Å². The topological polar surface area (TPSA) is 24.1 Å². The Hall–Kier alpha value is -1.35. The lowest BCUT2D eigenvalue weighted by atomic mass is 9.95. The number of hydrogen-bond donors (Lipinski definition) is 2. The molecule has 0 radical (unpaired) electrons. The summed E-state index contributed by atoms with van der Waals surface area (Å²) >= 11 is 5.24. The van der Waals surface area contributed by atoms with Crippen LogP contribution in [0.1, 0.15) is 25.8 Å². The lowest BCUT2D eigenvalue weighted by molar-refractivity contribution is 0.437. The summed E-state index contributed by atoms with van der Waals surface area (Å²) < 4.78 is 0. The summed E-state index contributed by atoms with van der Waals surface area (Å²) in [7, 11) is 0. The monoisotopic (exact) mass is 246 g/mol. The molecule has 1 aromatic carbocycles. The molecule has 0 aliphatic carbocycles. The van der Waals surface area contributed by atoms with E-state index >= 15 is 0 Å².